The first kappa shape index (κ1) is 12.6. The van der Waals surface area contributed by atoms with Crippen LogP contribution < -0.4 is 10.6 Å². The molecule has 0 atom stereocenters. The van der Waals surface area contributed by atoms with Crippen LogP contribution in [0.3, 0.4) is 0 Å². The van der Waals surface area contributed by atoms with Gasteiger partial charge in [-0.25, -0.2) is 0 Å². The van der Waals surface area contributed by atoms with E-state index in [0.717, 1.165) is 18.5 Å². The van der Waals surface area contributed by atoms with Crippen LogP contribution in [0, 0.1) is 0 Å². The largest absolute Gasteiger partial charge is 0.472 e. The molecule has 96 valence electrons. The van der Waals surface area contributed by atoms with Gasteiger partial charge in [0.25, 0.3) is 5.91 Å². The van der Waals surface area contributed by atoms with E-state index < -0.39 is 0 Å². The molecule has 6 nitrogen and oxygen atoms in total. The highest BCUT2D eigenvalue weighted by Gasteiger charge is 2.12. The maximum Gasteiger partial charge on any atom is 0.282 e. The van der Waals surface area contributed by atoms with E-state index in [1.165, 1.54) is 11.3 Å². The summed E-state index contributed by atoms with van der Waals surface area (Å²) in [4.78, 5) is 11.8. The average Bonchev–Trinajstić information content (AvgIpc) is 3.04. The third-order valence-corrected chi connectivity index (χ3v) is 3.06. The molecule has 0 bridgehead atoms. The van der Waals surface area contributed by atoms with Crippen molar-refractivity contribution < 1.29 is 9.21 Å². The monoisotopic (exact) mass is 266 g/mol. The molecule has 1 amide bonds. The Kier molecular flexibility index (Phi) is 4.30. The van der Waals surface area contributed by atoms with E-state index >= 15 is 0 Å². The van der Waals surface area contributed by atoms with Crippen molar-refractivity contribution >= 4 is 22.4 Å². The lowest BCUT2D eigenvalue weighted by Gasteiger charge is -1.99. The number of carbonyl (C=O) groups is 1. The van der Waals surface area contributed by atoms with Crippen LogP contribution >= 0.6 is 11.3 Å². The van der Waals surface area contributed by atoms with Crippen LogP contribution in [0.25, 0.3) is 0 Å². The van der Waals surface area contributed by atoms with Gasteiger partial charge < -0.3 is 15.1 Å². The molecule has 0 aromatic carbocycles. The molecule has 18 heavy (non-hydrogen) atoms. The van der Waals surface area contributed by atoms with Crippen molar-refractivity contribution in [2.45, 2.75) is 19.9 Å². The molecule has 0 aliphatic carbocycles. The lowest BCUT2D eigenvalue weighted by Crippen LogP contribution is -2.22. The fourth-order valence-corrected chi connectivity index (χ4v) is 1.96. The third-order valence-electron chi connectivity index (χ3n) is 2.18. The first-order valence-electron chi connectivity index (χ1n) is 5.66. The van der Waals surface area contributed by atoms with Crippen LogP contribution in [-0.2, 0) is 6.54 Å². The SMILES string of the molecule is CCCNc1nnc(C(=O)NCc2ccoc2)s1. The number of nitrogens with zero attached hydrogens (tertiary/aromatic N) is 2. The van der Waals surface area contributed by atoms with Gasteiger partial charge in [-0.1, -0.05) is 18.3 Å². The van der Waals surface area contributed by atoms with Crippen LogP contribution in [0.1, 0.15) is 28.7 Å². The van der Waals surface area contributed by atoms with Crippen LogP contribution in [-0.4, -0.2) is 22.6 Å². The molecule has 0 unspecified atom stereocenters. The molecular weight excluding hydrogens is 252 g/mol. The van der Waals surface area contributed by atoms with Crippen molar-refractivity contribution in [3.05, 3.63) is 29.2 Å². The molecular formula is C11H14N4O2S. The Hall–Kier alpha value is -1.89. The Morgan fingerprint density at radius 1 is 1.50 bits per heavy atom. The minimum atomic E-state index is -0.224. The van der Waals surface area contributed by atoms with E-state index in [1.54, 1.807) is 18.6 Å². The van der Waals surface area contributed by atoms with Crippen molar-refractivity contribution in [1.29, 1.82) is 0 Å². The minimum Gasteiger partial charge on any atom is -0.472 e. The van der Waals surface area contributed by atoms with Crippen LogP contribution in [0.4, 0.5) is 5.13 Å². The summed E-state index contributed by atoms with van der Waals surface area (Å²) in [5.74, 6) is -0.224. The number of nitrogens with one attached hydrogen (secondary N) is 2. The highest BCUT2D eigenvalue weighted by molar-refractivity contribution is 7.17. The lowest BCUT2D eigenvalue weighted by molar-refractivity contribution is 0.0950. The summed E-state index contributed by atoms with van der Waals surface area (Å²) in [5.41, 5.74) is 0.914. The predicted octanol–water partition coefficient (Wildman–Crippen LogP) is 1.88. The van der Waals surface area contributed by atoms with E-state index in [0.29, 0.717) is 16.7 Å². The lowest BCUT2D eigenvalue weighted by atomic mass is 10.3. The summed E-state index contributed by atoms with van der Waals surface area (Å²) in [6.45, 7) is 3.31. The average molecular weight is 266 g/mol. The highest BCUT2D eigenvalue weighted by Crippen LogP contribution is 2.14. The van der Waals surface area contributed by atoms with E-state index in [9.17, 15) is 4.79 Å². The quantitative estimate of drug-likeness (QED) is 0.834. The fraction of sp³-hybridized carbons (Fsp3) is 0.364. The number of anilines is 1. The first-order chi connectivity index (χ1) is 8.79. The van der Waals surface area contributed by atoms with Gasteiger partial charge in [0.1, 0.15) is 0 Å². The number of rotatable bonds is 6. The summed E-state index contributed by atoms with van der Waals surface area (Å²) in [6.07, 6.45) is 4.16. The molecule has 0 saturated heterocycles. The first-order valence-corrected chi connectivity index (χ1v) is 6.48. The molecule has 2 heterocycles. The number of amides is 1. The molecule has 0 fully saturated rings. The van der Waals surface area contributed by atoms with Gasteiger partial charge in [-0.05, 0) is 12.5 Å². The second-order valence-electron chi connectivity index (χ2n) is 3.65. The Labute approximate surface area is 108 Å². The predicted molar refractivity (Wildman–Crippen MR) is 68.6 cm³/mol. The van der Waals surface area contributed by atoms with Crippen molar-refractivity contribution in [1.82, 2.24) is 15.5 Å². The van der Waals surface area contributed by atoms with E-state index in [1.807, 2.05) is 0 Å². The zero-order chi connectivity index (χ0) is 12.8. The molecule has 2 rings (SSSR count). The van der Waals surface area contributed by atoms with Crippen molar-refractivity contribution in [3.63, 3.8) is 0 Å². The molecule has 0 aliphatic rings. The van der Waals surface area contributed by atoms with Gasteiger partial charge in [0, 0.05) is 18.7 Å². The van der Waals surface area contributed by atoms with Gasteiger partial charge in [-0.15, -0.1) is 10.2 Å². The summed E-state index contributed by atoms with van der Waals surface area (Å²) in [5, 5.41) is 14.6. The molecule has 0 spiro atoms. The van der Waals surface area contributed by atoms with Gasteiger partial charge >= 0.3 is 0 Å². The van der Waals surface area contributed by atoms with Gasteiger partial charge in [-0.3, -0.25) is 4.79 Å². The summed E-state index contributed by atoms with van der Waals surface area (Å²) < 4.78 is 4.91. The van der Waals surface area contributed by atoms with Crippen molar-refractivity contribution in [3.8, 4) is 0 Å². The summed E-state index contributed by atoms with van der Waals surface area (Å²) in [7, 11) is 0. The Morgan fingerprint density at radius 3 is 3.11 bits per heavy atom. The number of furan rings is 1. The maximum atomic E-state index is 11.8. The second kappa shape index (κ2) is 6.15. The third kappa shape index (κ3) is 3.30. The van der Waals surface area contributed by atoms with E-state index in [-0.39, 0.29) is 5.91 Å². The summed E-state index contributed by atoms with van der Waals surface area (Å²) in [6, 6.07) is 1.80. The topological polar surface area (TPSA) is 80.0 Å². The van der Waals surface area contributed by atoms with E-state index in [4.69, 9.17) is 4.42 Å². The van der Waals surface area contributed by atoms with Crippen molar-refractivity contribution in [2.24, 2.45) is 0 Å². The van der Waals surface area contributed by atoms with Crippen LogP contribution in [0.5, 0.6) is 0 Å². The Bertz CT molecular complexity index is 495. The minimum absolute atomic E-state index is 0.224. The molecule has 2 aromatic rings. The van der Waals surface area contributed by atoms with Crippen LogP contribution in [0.2, 0.25) is 0 Å². The number of hydrogen-bond acceptors (Lipinski definition) is 6. The van der Waals surface area contributed by atoms with Gasteiger partial charge in [-0.2, -0.15) is 0 Å². The highest BCUT2D eigenvalue weighted by atomic mass is 32.1. The molecule has 0 saturated carbocycles. The molecule has 0 aliphatic heterocycles. The second-order valence-corrected chi connectivity index (χ2v) is 4.63. The number of aromatic nitrogens is 2. The maximum absolute atomic E-state index is 11.8. The van der Waals surface area contributed by atoms with E-state index in [2.05, 4.69) is 27.8 Å². The zero-order valence-electron chi connectivity index (χ0n) is 9.97. The molecule has 7 heteroatoms. The van der Waals surface area contributed by atoms with Crippen LogP contribution in [0.15, 0.2) is 23.0 Å². The van der Waals surface area contributed by atoms with Gasteiger partial charge in [0.15, 0.2) is 0 Å². The molecule has 2 aromatic heterocycles. The zero-order valence-corrected chi connectivity index (χ0v) is 10.8. The van der Waals surface area contributed by atoms with Crippen molar-refractivity contribution in [2.75, 3.05) is 11.9 Å². The molecule has 0 radical (unpaired) electrons. The summed E-state index contributed by atoms with van der Waals surface area (Å²) >= 11 is 1.25. The standard InChI is InChI=1S/C11H14N4O2S/c1-2-4-12-11-15-14-10(18-11)9(16)13-6-8-3-5-17-7-8/h3,5,7H,2,4,6H2,1H3,(H,12,15)(H,13,16). The normalized spacial score (nSPS) is 10.3. The Balaban J connectivity index is 1.86. The number of carbonyl (C=O) groups excluding carboxylic acids is 1. The number of hydrogen-bond donors (Lipinski definition) is 2. The van der Waals surface area contributed by atoms with Gasteiger partial charge in [0.2, 0.25) is 10.1 Å². The molecule has 2 N–H and O–H groups in total. The smallest absolute Gasteiger partial charge is 0.282 e. The Morgan fingerprint density at radius 2 is 2.39 bits per heavy atom. The fourth-order valence-electron chi connectivity index (χ4n) is 1.27. The van der Waals surface area contributed by atoms with Gasteiger partial charge in [0.05, 0.1) is 12.5 Å².